The zero-order chi connectivity index (χ0) is 10.6. The summed E-state index contributed by atoms with van der Waals surface area (Å²) in [6.45, 7) is 1.68. The van der Waals surface area contributed by atoms with Crippen LogP contribution in [0.3, 0.4) is 0 Å². The molecule has 0 aliphatic carbocycles. The first kappa shape index (κ1) is 10.7. The second kappa shape index (κ2) is 4.72. The number of hydrogen-bond acceptors (Lipinski definition) is 3. The van der Waals surface area contributed by atoms with Crippen molar-refractivity contribution in [3.63, 3.8) is 0 Å². The Bertz CT molecular complexity index is 323. The monoisotopic (exact) mass is 195 g/mol. The molecule has 1 rings (SSSR count). The van der Waals surface area contributed by atoms with Crippen LogP contribution in [0.1, 0.15) is 18.9 Å². The van der Waals surface area contributed by atoms with E-state index in [1.165, 1.54) is 6.07 Å². The Kier molecular flexibility index (Phi) is 3.59. The number of nitro groups is 1. The fourth-order valence-electron chi connectivity index (χ4n) is 1.26. The number of rotatable bonds is 4. The summed E-state index contributed by atoms with van der Waals surface area (Å²) >= 11 is 0. The number of para-hydroxylation sites is 1. The van der Waals surface area contributed by atoms with Crippen molar-refractivity contribution in [2.45, 2.75) is 25.9 Å². The van der Waals surface area contributed by atoms with Crippen LogP contribution in [-0.2, 0) is 6.42 Å². The van der Waals surface area contributed by atoms with Gasteiger partial charge in [-0.3, -0.25) is 10.1 Å². The standard InChI is InChI=1S/C10H13NO3/c1-8(12)6-7-9-4-2-3-5-10(9)11(13)14/h2-5,8,12H,6-7H2,1H3/t8-/m1/s1. The molecule has 0 unspecified atom stereocenters. The Labute approximate surface area is 82.3 Å². The van der Waals surface area contributed by atoms with Gasteiger partial charge in [0.25, 0.3) is 5.69 Å². The molecule has 0 saturated heterocycles. The van der Waals surface area contributed by atoms with Crippen molar-refractivity contribution in [2.75, 3.05) is 0 Å². The lowest BCUT2D eigenvalue weighted by Gasteiger charge is -2.04. The van der Waals surface area contributed by atoms with Crippen LogP contribution in [0.15, 0.2) is 24.3 Å². The molecule has 76 valence electrons. The Morgan fingerprint density at radius 3 is 2.71 bits per heavy atom. The third kappa shape index (κ3) is 2.81. The molecule has 0 fully saturated rings. The molecule has 1 atom stereocenters. The highest BCUT2D eigenvalue weighted by Gasteiger charge is 2.12. The van der Waals surface area contributed by atoms with E-state index >= 15 is 0 Å². The molecule has 0 amide bonds. The number of nitrogens with zero attached hydrogens (tertiary/aromatic N) is 1. The molecular formula is C10H13NO3. The van der Waals surface area contributed by atoms with Gasteiger partial charge >= 0.3 is 0 Å². The average Bonchev–Trinajstić information content (AvgIpc) is 2.15. The van der Waals surface area contributed by atoms with Crippen molar-refractivity contribution in [1.82, 2.24) is 0 Å². The van der Waals surface area contributed by atoms with Crippen LogP contribution in [0.4, 0.5) is 5.69 Å². The molecular weight excluding hydrogens is 182 g/mol. The summed E-state index contributed by atoms with van der Waals surface area (Å²) in [5, 5.41) is 19.7. The predicted molar refractivity (Wildman–Crippen MR) is 53.1 cm³/mol. The summed E-state index contributed by atoms with van der Waals surface area (Å²) in [5.74, 6) is 0. The third-order valence-electron chi connectivity index (χ3n) is 2.02. The first-order chi connectivity index (χ1) is 6.61. The molecule has 4 nitrogen and oxygen atoms in total. The SMILES string of the molecule is C[C@@H](O)CCc1ccccc1[N+](=O)[O-]. The molecule has 0 aliphatic rings. The largest absolute Gasteiger partial charge is 0.393 e. The van der Waals surface area contributed by atoms with Crippen LogP contribution in [0.5, 0.6) is 0 Å². The highest BCUT2D eigenvalue weighted by molar-refractivity contribution is 5.39. The van der Waals surface area contributed by atoms with E-state index < -0.39 is 11.0 Å². The molecule has 0 bridgehead atoms. The van der Waals surface area contributed by atoms with Gasteiger partial charge in [-0.2, -0.15) is 0 Å². The van der Waals surface area contributed by atoms with Gasteiger partial charge in [0.1, 0.15) is 0 Å². The van der Waals surface area contributed by atoms with E-state index in [0.29, 0.717) is 18.4 Å². The number of hydrogen-bond donors (Lipinski definition) is 1. The normalized spacial score (nSPS) is 12.4. The third-order valence-corrected chi connectivity index (χ3v) is 2.02. The highest BCUT2D eigenvalue weighted by Crippen LogP contribution is 2.19. The maximum atomic E-state index is 10.6. The van der Waals surface area contributed by atoms with Gasteiger partial charge in [0.2, 0.25) is 0 Å². The number of aryl methyl sites for hydroxylation is 1. The van der Waals surface area contributed by atoms with Crippen molar-refractivity contribution >= 4 is 5.69 Å². The Balaban J connectivity index is 2.79. The molecule has 0 saturated carbocycles. The second-order valence-electron chi connectivity index (χ2n) is 3.27. The summed E-state index contributed by atoms with van der Waals surface area (Å²) in [6.07, 6.45) is 0.662. The minimum absolute atomic E-state index is 0.133. The zero-order valence-electron chi connectivity index (χ0n) is 8.01. The first-order valence-electron chi connectivity index (χ1n) is 4.51. The summed E-state index contributed by atoms with van der Waals surface area (Å²) in [7, 11) is 0. The lowest BCUT2D eigenvalue weighted by atomic mass is 10.1. The number of benzene rings is 1. The second-order valence-corrected chi connectivity index (χ2v) is 3.27. The van der Waals surface area contributed by atoms with E-state index in [2.05, 4.69) is 0 Å². The topological polar surface area (TPSA) is 63.4 Å². The van der Waals surface area contributed by atoms with Crippen LogP contribution in [0, 0.1) is 10.1 Å². The molecule has 0 spiro atoms. The van der Waals surface area contributed by atoms with Crippen LogP contribution >= 0.6 is 0 Å². The average molecular weight is 195 g/mol. The molecule has 1 aromatic rings. The lowest BCUT2D eigenvalue weighted by molar-refractivity contribution is -0.385. The fraction of sp³-hybridized carbons (Fsp3) is 0.400. The van der Waals surface area contributed by atoms with E-state index in [4.69, 9.17) is 5.11 Å². The minimum Gasteiger partial charge on any atom is -0.393 e. The Morgan fingerprint density at radius 2 is 2.14 bits per heavy atom. The van der Waals surface area contributed by atoms with Gasteiger partial charge in [0.05, 0.1) is 11.0 Å². The van der Waals surface area contributed by atoms with E-state index in [1.54, 1.807) is 25.1 Å². The van der Waals surface area contributed by atoms with Crippen LogP contribution in [0.25, 0.3) is 0 Å². The number of nitro benzene ring substituents is 1. The maximum absolute atomic E-state index is 10.6. The smallest absolute Gasteiger partial charge is 0.272 e. The van der Waals surface area contributed by atoms with Gasteiger partial charge in [-0.15, -0.1) is 0 Å². The van der Waals surface area contributed by atoms with Gasteiger partial charge in [0, 0.05) is 11.6 Å². The minimum atomic E-state index is -0.421. The van der Waals surface area contributed by atoms with Crippen molar-refractivity contribution in [3.8, 4) is 0 Å². The van der Waals surface area contributed by atoms with Crippen molar-refractivity contribution in [2.24, 2.45) is 0 Å². The fourth-order valence-corrected chi connectivity index (χ4v) is 1.26. The molecule has 1 aromatic carbocycles. The molecule has 0 aliphatic heterocycles. The van der Waals surface area contributed by atoms with Gasteiger partial charge < -0.3 is 5.11 Å². The van der Waals surface area contributed by atoms with Gasteiger partial charge in [-0.25, -0.2) is 0 Å². The first-order valence-corrected chi connectivity index (χ1v) is 4.51. The molecule has 0 heterocycles. The molecule has 1 N–H and O–H groups in total. The van der Waals surface area contributed by atoms with Crippen LogP contribution in [-0.4, -0.2) is 16.1 Å². The van der Waals surface area contributed by atoms with E-state index in [0.717, 1.165) is 0 Å². The summed E-state index contributed by atoms with van der Waals surface area (Å²) in [6, 6.07) is 6.62. The molecule has 0 radical (unpaired) electrons. The quantitative estimate of drug-likeness (QED) is 0.589. The summed E-state index contributed by atoms with van der Waals surface area (Å²) in [4.78, 5) is 10.2. The Morgan fingerprint density at radius 1 is 1.50 bits per heavy atom. The van der Waals surface area contributed by atoms with Gasteiger partial charge in [0.15, 0.2) is 0 Å². The van der Waals surface area contributed by atoms with E-state index in [9.17, 15) is 10.1 Å². The number of aliphatic hydroxyl groups excluding tert-OH is 1. The summed E-state index contributed by atoms with van der Waals surface area (Å²) in [5.41, 5.74) is 0.812. The predicted octanol–water partition coefficient (Wildman–Crippen LogP) is 1.91. The number of aliphatic hydroxyl groups is 1. The van der Waals surface area contributed by atoms with E-state index in [-0.39, 0.29) is 5.69 Å². The van der Waals surface area contributed by atoms with Gasteiger partial charge in [-0.1, -0.05) is 18.2 Å². The molecule has 0 aromatic heterocycles. The van der Waals surface area contributed by atoms with Crippen molar-refractivity contribution < 1.29 is 10.0 Å². The zero-order valence-corrected chi connectivity index (χ0v) is 8.01. The summed E-state index contributed by atoms with van der Waals surface area (Å²) < 4.78 is 0. The lowest BCUT2D eigenvalue weighted by Crippen LogP contribution is -2.03. The van der Waals surface area contributed by atoms with Gasteiger partial charge in [-0.05, 0) is 19.8 Å². The molecule has 4 heteroatoms. The van der Waals surface area contributed by atoms with Crippen molar-refractivity contribution in [3.05, 3.63) is 39.9 Å². The highest BCUT2D eigenvalue weighted by atomic mass is 16.6. The van der Waals surface area contributed by atoms with Crippen molar-refractivity contribution in [1.29, 1.82) is 0 Å². The van der Waals surface area contributed by atoms with Crippen LogP contribution < -0.4 is 0 Å². The van der Waals surface area contributed by atoms with Crippen LogP contribution in [0.2, 0.25) is 0 Å². The molecule has 14 heavy (non-hydrogen) atoms. The Hall–Kier alpha value is -1.42. The van der Waals surface area contributed by atoms with E-state index in [1.807, 2.05) is 0 Å². The maximum Gasteiger partial charge on any atom is 0.272 e.